The quantitative estimate of drug-likeness (QED) is 0.208. The minimum absolute atomic E-state index is 0.0587. The zero-order chi connectivity index (χ0) is 35.9. The van der Waals surface area contributed by atoms with Gasteiger partial charge in [0.05, 0.1) is 15.7 Å². The Morgan fingerprint density at radius 1 is 1.04 bits per heavy atom. The smallest absolute Gasteiger partial charge is 0.410 e. The molecular formula is C33H53Cl2N9O4S. The SMILES string of the molecule is CC(C)(C)OC(=O)N1CCC[C@H]1CCN.Cn1nc(-c2cccc(Cl)c2Cl)cc1C1CCN(S(=O)(=O)NCC[C@@H]2CCCN2C(=N)N)CC1. The van der Waals surface area contributed by atoms with E-state index in [4.69, 9.17) is 44.8 Å². The van der Waals surface area contributed by atoms with Crippen molar-refractivity contribution >= 4 is 45.5 Å². The maximum absolute atomic E-state index is 12.8. The Morgan fingerprint density at radius 3 is 2.29 bits per heavy atom. The molecule has 0 spiro atoms. The minimum Gasteiger partial charge on any atom is -0.444 e. The number of benzene rings is 1. The van der Waals surface area contributed by atoms with Gasteiger partial charge in [0.25, 0.3) is 10.2 Å². The standard InChI is InChI=1S/C22H31Cl2N7O2S.C11H22N2O2/c1-29-20(14-19(28-29)17-5-2-6-18(23)21(17)24)15-8-12-30(13-9-15)34(32,33)27-10-7-16-4-3-11-31(16)22(25)26;1-11(2,3)15-10(14)13-8-4-5-9(13)6-7-12/h2,5-6,14-16,27H,3-4,7-13H2,1H3,(H3,25,26);9H,4-8,12H2,1-3H3/t16-;9-/m00/s1. The Labute approximate surface area is 301 Å². The summed E-state index contributed by atoms with van der Waals surface area (Å²) in [6, 6.07) is 7.91. The molecule has 4 heterocycles. The first-order chi connectivity index (χ1) is 23.1. The molecule has 3 saturated heterocycles. The maximum atomic E-state index is 12.8. The molecule has 2 aromatic rings. The van der Waals surface area contributed by atoms with Crippen LogP contribution in [0.1, 0.15) is 83.7 Å². The number of guanidine groups is 1. The van der Waals surface area contributed by atoms with E-state index < -0.39 is 15.8 Å². The van der Waals surface area contributed by atoms with Gasteiger partial charge in [-0.3, -0.25) is 10.1 Å². The molecule has 16 heteroatoms. The van der Waals surface area contributed by atoms with Gasteiger partial charge in [0, 0.05) is 69.0 Å². The number of piperidine rings is 1. The summed E-state index contributed by atoms with van der Waals surface area (Å²) in [5.41, 5.74) is 13.3. The average Bonchev–Trinajstić information content (AvgIpc) is 3.79. The van der Waals surface area contributed by atoms with Crippen LogP contribution in [0.25, 0.3) is 11.3 Å². The van der Waals surface area contributed by atoms with Crippen molar-refractivity contribution in [2.24, 2.45) is 18.5 Å². The molecule has 0 saturated carbocycles. The molecule has 3 aliphatic rings. The van der Waals surface area contributed by atoms with Gasteiger partial charge < -0.3 is 26.0 Å². The Bertz CT molecular complexity index is 1540. The maximum Gasteiger partial charge on any atom is 0.410 e. The molecule has 13 nitrogen and oxygen atoms in total. The Balaban J connectivity index is 0.000000302. The molecule has 0 bridgehead atoms. The number of carbonyl (C=O) groups is 1. The third kappa shape index (κ3) is 10.5. The summed E-state index contributed by atoms with van der Waals surface area (Å²) >= 11 is 12.5. The molecule has 1 aromatic heterocycles. The predicted octanol–water partition coefficient (Wildman–Crippen LogP) is 4.89. The van der Waals surface area contributed by atoms with E-state index in [2.05, 4.69) is 9.82 Å². The zero-order valence-corrected chi connectivity index (χ0v) is 31.5. The number of halogens is 2. The van der Waals surface area contributed by atoms with Crippen LogP contribution in [0, 0.1) is 5.41 Å². The normalized spacial score (nSPS) is 20.7. The molecule has 274 valence electrons. The number of hydrogen-bond acceptors (Lipinski definition) is 7. The van der Waals surface area contributed by atoms with Crippen molar-refractivity contribution in [2.75, 3.05) is 39.3 Å². The summed E-state index contributed by atoms with van der Waals surface area (Å²) in [4.78, 5) is 15.5. The first-order valence-electron chi connectivity index (χ1n) is 17.1. The first kappa shape index (κ1) is 39.2. The van der Waals surface area contributed by atoms with Crippen LogP contribution in [0.2, 0.25) is 10.0 Å². The number of nitrogens with two attached hydrogens (primary N) is 2. The van der Waals surface area contributed by atoms with E-state index in [-0.39, 0.29) is 30.1 Å². The van der Waals surface area contributed by atoms with Gasteiger partial charge in [-0.1, -0.05) is 35.3 Å². The van der Waals surface area contributed by atoms with Crippen molar-refractivity contribution in [3.8, 4) is 11.3 Å². The fraction of sp³-hybridized carbons (Fsp3) is 0.667. The molecule has 6 N–H and O–H groups in total. The Hall–Kier alpha value is -2.62. The van der Waals surface area contributed by atoms with Gasteiger partial charge in [-0.25, -0.2) is 9.52 Å². The third-order valence-electron chi connectivity index (χ3n) is 9.31. The largest absolute Gasteiger partial charge is 0.444 e. The molecule has 49 heavy (non-hydrogen) atoms. The monoisotopic (exact) mass is 741 g/mol. The lowest BCUT2D eigenvalue weighted by Crippen LogP contribution is -2.46. The Morgan fingerprint density at radius 2 is 1.67 bits per heavy atom. The van der Waals surface area contributed by atoms with E-state index in [9.17, 15) is 13.2 Å². The van der Waals surface area contributed by atoms with Crippen molar-refractivity contribution in [2.45, 2.75) is 95.7 Å². The number of aryl methyl sites for hydroxylation is 1. The number of aromatic nitrogens is 2. The lowest BCUT2D eigenvalue weighted by molar-refractivity contribution is 0.0222. The van der Waals surface area contributed by atoms with E-state index in [1.54, 1.807) is 6.07 Å². The lowest BCUT2D eigenvalue weighted by Gasteiger charge is -2.31. The summed E-state index contributed by atoms with van der Waals surface area (Å²) < 4.78 is 37.1. The van der Waals surface area contributed by atoms with Crippen molar-refractivity contribution in [3.63, 3.8) is 0 Å². The van der Waals surface area contributed by atoms with Crippen LogP contribution in [0.3, 0.4) is 0 Å². The number of ether oxygens (including phenoxy) is 1. The van der Waals surface area contributed by atoms with Crippen molar-refractivity contribution < 1.29 is 17.9 Å². The van der Waals surface area contributed by atoms with Gasteiger partial charge in [-0.15, -0.1) is 0 Å². The summed E-state index contributed by atoms with van der Waals surface area (Å²) in [6.45, 7) is 9.09. The molecule has 3 fully saturated rings. The highest BCUT2D eigenvalue weighted by atomic mass is 35.5. The van der Waals surface area contributed by atoms with Crippen LogP contribution in [-0.4, -0.2) is 101 Å². The first-order valence-corrected chi connectivity index (χ1v) is 19.3. The van der Waals surface area contributed by atoms with Gasteiger partial charge in [-0.05, 0) is 90.8 Å². The van der Waals surface area contributed by atoms with Crippen LogP contribution in [0.4, 0.5) is 4.79 Å². The second kappa shape index (κ2) is 17.1. The average molecular weight is 743 g/mol. The van der Waals surface area contributed by atoms with Crippen LogP contribution in [0.15, 0.2) is 24.3 Å². The van der Waals surface area contributed by atoms with Gasteiger partial charge in [-0.2, -0.15) is 17.8 Å². The number of hydrogen-bond donors (Lipinski definition) is 4. The molecule has 0 radical (unpaired) electrons. The van der Waals surface area contributed by atoms with Crippen LogP contribution in [-0.2, 0) is 22.0 Å². The molecule has 5 rings (SSSR count). The summed E-state index contributed by atoms with van der Waals surface area (Å²) in [5, 5.41) is 13.2. The second-order valence-electron chi connectivity index (χ2n) is 14.0. The van der Waals surface area contributed by atoms with Crippen LogP contribution >= 0.6 is 23.2 Å². The van der Waals surface area contributed by atoms with Gasteiger partial charge in [0.2, 0.25) is 0 Å². The molecule has 2 atom stereocenters. The van der Waals surface area contributed by atoms with Crippen molar-refractivity contribution in [3.05, 3.63) is 40.0 Å². The molecule has 3 aliphatic heterocycles. The van der Waals surface area contributed by atoms with Crippen molar-refractivity contribution in [1.29, 1.82) is 5.41 Å². The number of likely N-dealkylation sites (tertiary alicyclic amines) is 2. The summed E-state index contributed by atoms with van der Waals surface area (Å²) in [6.07, 6.45) is 6.76. The fourth-order valence-corrected chi connectivity index (χ4v) is 8.52. The van der Waals surface area contributed by atoms with Crippen molar-refractivity contribution in [1.82, 2.24) is 28.6 Å². The molecule has 0 unspecified atom stereocenters. The highest BCUT2D eigenvalue weighted by Gasteiger charge is 2.33. The highest BCUT2D eigenvalue weighted by molar-refractivity contribution is 7.87. The number of nitrogens with zero attached hydrogens (tertiary/aromatic N) is 5. The number of nitrogens with one attached hydrogen (secondary N) is 2. The highest BCUT2D eigenvalue weighted by Crippen LogP contribution is 2.36. The van der Waals surface area contributed by atoms with Gasteiger partial charge in [0.15, 0.2) is 5.96 Å². The van der Waals surface area contributed by atoms with Gasteiger partial charge >= 0.3 is 6.09 Å². The number of rotatable bonds is 9. The van der Waals surface area contributed by atoms with E-state index in [1.165, 1.54) is 4.31 Å². The minimum atomic E-state index is -3.55. The topological polar surface area (TPSA) is 176 Å². The van der Waals surface area contributed by atoms with Crippen LogP contribution < -0.4 is 16.2 Å². The zero-order valence-electron chi connectivity index (χ0n) is 29.1. The number of carbonyl (C=O) groups excluding carboxylic acids is 1. The van der Waals surface area contributed by atoms with E-state index in [1.807, 2.05) is 60.5 Å². The molecular weight excluding hydrogens is 689 g/mol. The number of amides is 1. The molecule has 0 aliphatic carbocycles. The fourth-order valence-electron chi connectivity index (χ4n) is 6.88. The predicted molar refractivity (Wildman–Crippen MR) is 195 cm³/mol. The summed E-state index contributed by atoms with van der Waals surface area (Å²) in [7, 11) is -1.65. The summed E-state index contributed by atoms with van der Waals surface area (Å²) in [5.74, 6) is 0.265. The van der Waals surface area contributed by atoms with E-state index in [0.29, 0.717) is 55.5 Å². The van der Waals surface area contributed by atoms with E-state index in [0.717, 1.165) is 62.1 Å². The Kier molecular flexibility index (Phi) is 13.6. The third-order valence-corrected chi connectivity index (χ3v) is 11.7. The van der Waals surface area contributed by atoms with Gasteiger partial charge in [0.1, 0.15) is 5.60 Å². The molecule has 1 aromatic carbocycles. The van der Waals surface area contributed by atoms with E-state index >= 15 is 0 Å². The van der Waals surface area contributed by atoms with Crippen LogP contribution in [0.5, 0.6) is 0 Å². The lowest BCUT2D eigenvalue weighted by atomic mass is 9.94. The second-order valence-corrected chi connectivity index (χ2v) is 16.5. The molecule has 1 amide bonds.